The first-order chi connectivity index (χ1) is 15.7. The Morgan fingerprint density at radius 2 is 1.67 bits per heavy atom. The molecule has 0 N–H and O–H groups in total. The lowest BCUT2D eigenvalue weighted by molar-refractivity contribution is -0.00946. The predicted octanol–water partition coefficient (Wildman–Crippen LogP) is 5.22. The quantitative estimate of drug-likeness (QED) is 0.491. The standard InChI is InChI=1S/C27H30N2O3S/c1-19-9-14-24-27(32-23-8-6-5-7-22(23)29(19)24)15-17-28(18-16-27)25(30)20-10-12-21(13-11-20)33(31)26(2,3)4/h5-14H,15-18H2,1-4H3/t33-/m0/s1. The van der Waals surface area contributed by atoms with Gasteiger partial charge in [-0.2, -0.15) is 0 Å². The Kier molecular flexibility index (Phi) is 5.33. The number of piperidine rings is 1. The van der Waals surface area contributed by atoms with Crippen molar-refractivity contribution in [2.75, 3.05) is 13.1 Å². The highest BCUT2D eigenvalue weighted by Gasteiger charge is 2.45. The fourth-order valence-electron chi connectivity index (χ4n) is 4.89. The molecule has 5 rings (SSSR count). The second-order valence-electron chi connectivity index (χ2n) is 9.96. The van der Waals surface area contributed by atoms with E-state index in [-0.39, 0.29) is 10.7 Å². The molecule has 0 bridgehead atoms. The van der Waals surface area contributed by atoms with Crippen LogP contribution in [0.4, 0.5) is 0 Å². The van der Waals surface area contributed by atoms with Gasteiger partial charge in [0, 0.05) is 37.2 Å². The first-order valence-corrected chi connectivity index (χ1v) is 12.6. The molecule has 1 spiro atoms. The van der Waals surface area contributed by atoms with Crippen LogP contribution in [0.3, 0.4) is 0 Å². The largest absolute Gasteiger partial charge is 0.611 e. The average molecular weight is 463 g/mol. The summed E-state index contributed by atoms with van der Waals surface area (Å²) < 4.78 is 21.2. The van der Waals surface area contributed by atoms with E-state index in [0.717, 1.165) is 29.2 Å². The number of para-hydroxylation sites is 2. The van der Waals surface area contributed by atoms with E-state index >= 15 is 0 Å². The first-order valence-electron chi connectivity index (χ1n) is 11.5. The summed E-state index contributed by atoms with van der Waals surface area (Å²) in [5, 5.41) is 0. The molecule has 0 radical (unpaired) electrons. The molecule has 1 aromatic heterocycles. The van der Waals surface area contributed by atoms with Gasteiger partial charge in [0.2, 0.25) is 0 Å². The number of hydrogen-bond donors (Lipinski definition) is 0. The highest BCUT2D eigenvalue weighted by atomic mass is 32.2. The minimum absolute atomic E-state index is 0.0145. The van der Waals surface area contributed by atoms with Gasteiger partial charge in [0.05, 0.1) is 11.4 Å². The third-order valence-corrected chi connectivity index (χ3v) is 8.50. The number of nitrogens with zero attached hydrogens (tertiary/aromatic N) is 2. The number of aromatic nitrogens is 1. The molecule has 2 aliphatic heterocycles. The monoisotopic (exact) mass is 462 g/mol. The van der Waals surface area contributed by atoms with Gasteiger partial charge < -0.3 is 18.8 Å². The number of hydrogen-bond acceptors (Lipinski definition) is 3. The molecular formula is C27H30N2O3S. The summed E-state index contributed by atoms with van der Waals surface area (Å²) in [6, 6.07) is 19.7. The number of rotatable bonds is 2. The smallest absolute Gasteiger partial charge is 0.253 e. The fraction of sp³-hybridized carbons (Fsp3) is 0.370. The van der Waals surface area contributed by atoms with E-state index in [0.29, 0.717) is 18.7 Å². The molecule has 1 amide bonds. The summed E-state index contributed by atoms with van der Waals surface area (Å²) in [6.45, 7) is 9.23. The summed E-state index contributed by atoms with van der Waals surface area (Å²) in [7, 11) is 0. The summed E-state index contributed by atoms with van der Waals surface area (Å²) in [4.78, 5) is 15.9. The third kappa shape index (κ3) is 3.75. The topological polar surface area (TPSA) is 57.5 Å². The average Bonchev–Trinajstić information content (AvgIpc) is 3.21. The van der Waals surface area contributed by atoms with Crippen molar-refractivity contribution < 1.29 is 14.1 Å². The fourth-order valence-corrected chi connectivity index (χ4v) is 5.98. The normalized spacial score (nSPS) is 17.8. The van der Waals surface area contributed by atoms with Crippen LogP contribution in [0.5, 0.6) is 5.75 Å². The summed E-state index contributed by atoms with van der Waals surface area (Å²) in [5.41, 5.74) is 3.64. The molecule has 5 nitrogen and oxygen atoms in total. The van der Waals surface area contributed by atoms with Crippen LogP contribution in [0.1, 0.15) is 55.4 Å². The Labute approximate surface area is 198 Å². The minimum atomic E-state index is -1.12. The number of carbonyl (C=O) groups is 1. The molecule has 1 saturated heterocycles. The van der Waals surface area contributed by atoms with Gasteiger partial charge in [-0.15, -0.1) is 0 Å². The maximum atomic E-state index is 13.2. The van der Waals surface area contributed by atoms with Gasteiger partial charge in [-0.3, -0.25) is 4.79 Å². The highest BCUT2D eigenvalue weighted by molar-refractivity contribution is 7.92. The van der Waals surface area contributed by atoms with Gasteiger partial charge in [-0.25, -0.2) is 0 Å². The second-order valence-corrected chi connectivity index (χ2v) is 12.2. The molecule has 6 heteroatoms. The number of fused-ring (bicyclic) bond motifs is 4. The number of ether oxygens (including phenoxy) is 1. The van der Waals surface area contributed by atoms with E-state index in [1.165, 1.54) is 11.4 Å². The van der Waals surface area contributed by atoms with Crippen LogP contribution < -0.4 is 4.74 Å². The molecule has 0 saturated carbocycles. The Morgan fingerprint density at radius 1 is 1.00 bits per heavy atom. The van der Waals surface area contributed by atoms with Crippen LogP contribution in [0.2, 0.25) is 0 Å². The molecular weight excluding hydrogens is 432 g/mol. The van der Waals surface area contributed by atoms with Crippen LogP contribution in [0.15, 0.2) is 65.6 Å². The molecule has 2 aromatic carbocycles. The number of aryl methyl sites for hydroxylation is 1. The lowest BCUT2D eigenvalue weighted by Crippen LogP contribution is -2.50. The van der Waals surface area contributed by atoms with Crippen molar-refractivity contribution in [3.63, 3.8) is 0 Å². The van der Waals surface area contributed by atoms with Crippen LogP contribution in [0, 0.1) is 6.92 Å². The van der Waals surface area contributed by atoms with Gasteiger partial charge in [0.15, 0.2) is 10.5 Å². The molecule has 0 aliphatic carbocycles. The Balaban J connectivity index is 1.34. The molecule has 3 aromatic rings. The lowest BCUT2D eigenvalue weighted by Gasteiger charge is -2.45. The number of benzene rings is 2. The molecule has 3 heterocycles. The maximum Gasteiger partial charge on any atom is 0.253 e. The number of likely N-dealkylation sites (tertiary alicyclic amines) is 1. The number of carbonyl (C=O) groups excluding carboxylic acids is 1. The number of amides is 1. The van der Waals surface area contributed by atoms with Crippen LogP contribution in [-0.2, 0) is 16.8 Å². The lowest BCUT2D eigenvalue weighted by atomic mass is 9.86. The van der Waals surface area contributed by atoms with Gasteiger partial charge >= 0.3 is 0 Å². The molecule has 1 fully saturated rings. The minimum Gasteiger partial charge on any atom is -0.611 e. The zero-order valence-electron chi connectivity index (χ0n) is 19.6. The first kappa shape index (κ1) is 22.1. The van der Waals surface area contributed by atoms with Gasteiger partial charge in [0.25, 0.3) is 5.91 Å². The van der Waals surface area contributed by atoms with Crippen molar-refractivity contribution in [3.8, 4) is 11.4 Å². The van der Waals surface area contributed by atoms with Crippen LogP contribution in [-0.4, -0.2) is 37.8 Å². The van der Waals surface area contributed by atoms with E-state index in [1.807, 2.05) is 56.0 Å². The maximum absolute atomic E-state index is 13.2. The van der Waals surface area contributed by atoms with Gasteiger partial charge in [-0.1, -0.05) is 12.1 Å². The highest BCUT2D eigenvalue weighted by Crippen LogP contribution is 2.45. The Hall–Kier alpha value is -2.70. The predicted molar refractivity (Wildman–Crippen MR) is 131 cm³/mol. The summed E-state index contributed by atoms with van der Waals surface area (Å²) >= 11 is -1.12. The Bertz CT molecular complexity index is 1180. The van der Waals surface area contributed by atoms with E-state index in [2.05, 4.69) is 29.7 Å². The van der Waals surface area contributed by atoms with Gasteiger partial charge in [0.1, 0.15) is 10.5 Å². The molecule has 0 unspecified atom stereocenters. The summed E-state index contributed by atoms with van der Waals surface area (Å²) in [5.74, 6) is 0.909. The van der Waals surface area contributed by atoms with Crippen molar-refractivity contribution in [1.29, 1.82) is 0 Å². The van der Waals surface area contributed by atoms with E-state index in [4.69, 9.17) is 4.74 Å². The Morgan fingerprint density at radius 3 is 2.33 bits per heavy atom. The molecule has 1 atom stereocenters. The van der Waals surface area contributed by atoms with E-state index in [1.54, 1.807) is 12.1 Å². The SMILES string of the molecule is Cc1ccc2n1-c1ccccc1OC21CCN(C(=O)c2ccc([S@+]([O-])C(C)(C)C)cc2)CC1. The second kappa shape index (κ2) is 7.96. The third-order valence-electron chi connectivity index (χ3n) is 6.68. The molecule has 172 valence electrons. The molecule has 2 aliphatic rings. The summed E-state index contributed by atoms with van der Waals surface area (Å²) in [6.07, 6.45) is 1.48. The van der Waals surface area contributed by atoms with Crippen molar-refractivity contribution in [1.82, 2.24) is 9.47 Å². The zero-order chi connectivity index (χ0) is 23.4. The van der Waals surface area contributed by atoms with Crippen molar-refractivity contribution >= 4 is 17.1 Å². The van der Waals surface area contributed by atoms with Crippen molar-refractivity contribution in [2.45, 2.75) is 55.8 Å². The van der Waals surface area contributed by atoms with Gasteiger partial charge in [-0.05, 0) is 87.4 Å². The van der Waals surface area contributed by atoms with Crippen LogP contribution in [0.25, 0.3) is 5.69 Å². The van der Waals surface area contributed by atoms with E-state index < -0.39 is 16.8 Å². The van der Waals surface area contributed by atoms with E-state index in [9.17, 15) is 9.35 Å². The van der Waals surface area contributed by atoms with Crippen molar-refractivity contribution in [2.24, 2.45) is 0 Å². The van der Waals surface area contributed by atoms with Crippen molar-refractivity contribution in [3.05, 3.63) is 77.6 Å². The van der Waals surface area contributed by atoms with Crippen LogP contribution >= 0.6 is 0 Å². The zero-order valence-corrected chi connectivity index (χ0v) is 20.4. The molecule has 33 heavy (non-hydrogen) atoms.